The van der Waals surface area contributed by atoms with Crippen molar-refractivity contribution in [2.45, 2.75) is 87.2 Å². The van der Waals surface area contributed by atoms with Crippen LogP contribution in [0.5, 0.6) is 0 Å². The van der Waals surface area contributed by atoms with Crippen LogP contribution in [-0.4, -0.2) is 53.5 Å². The fourth-order valence-electron chi connectivity index (χ4n) is 4.31. The molecule has 1 aliphatic heterocycles. The fourth-order valence-corrected chi connectivity index (χ4v) is 5.14. The number of hydrogen-bond acceptors (Lipinski definition) is 6. The maximum Gasteiger partial charge on any atom is 0.451 e. The first kappa shape index (κ1) is 27.5. The highest BCUT2D eigenvalue weighted by molar-refractivity contribution is 14.1. The van der Waals surface area contributed by atoms with E-state index in [0.717, 1.165) is 36.4 Å². The van der Waals surface area contributed by atoms with Crippen LogP contribution >= 0.6 is 22.6 Å². The Morgan fingerprint density at radius 2 is 1.78 bits per heavy atom. The van der Waals surface area contributed by atoms with Gasteiger partial charge < -0.3 is 10.1 Å². The summed E-state index contributed by atoms with van der Waals surface area (Å²) >= 11 is 2.25. The van der Waals surface area contributed by atoms with Crippen LogP contribution in [-0.2, 0) is 22.3 Å². The molecular weight excluding hydrogens is 602 g/mol. The highest BCUT2D eigenvalue weighted by Gasteiger charge is 2.45. The Hall–Kier alpha value is -2.51. The Kier molecular flexibility index (Phi) is 7.69. The quantitative estimate of drug-likeness (QED) is 0.358. The molecule has 200 valence electrons. The van der Waals surface area contributed by atoms with Gasteiger partial charge in [-0.15, -0.1) is 0 Å². The van der Waals surface area contributed by atoms with Crippen LogP contribution in [0.4, 0.5) is 18.0 Å². The van der Waals surface area contributed by atoms with Crippen LogP contribution in [0.15, 0.2) is 24.7 Å². The zero-order chi connectivity index (χ0) is 27.1. The predicted molar refractivity (Wildman–Crippen MR) is 138 cm³/mol. The summed E-state index contributed by atoms with van der Waals surface area (Å²) in [6.45, 7) is 7.45. The van der Waals surface area contributed by atoms with Crippen molar-refractivity contribution in [3.05, 3.63) is 41.6 Å². The number of ether oxygens (including phenoxy) is 1. The second-order valence-corrected chi connectivity index (χ2v) is 12.0. The molecule has 0 bridgehead atoms. The molecule has 0 aromatic carbocycles. The summed E-state index contributed by atoms with van der Waals surface area (Å²) in [5.74, 6) is -1.16. The van der Waals surface area contributed by atoms with Crippen LogP contribution < -0.4 is 5.32 Å². The van der Waals surface area contributed by atoms with Gasteiger partial charge in [-0.1, -0.05) is 22.6 Å². The molecule has 0 radical (unpaired) electrons. The highest BCUT2D eigenvalue weighted by Crippen LogP contribution is 2.42. The van der Waals surface area contributed by atoms with Crippen LogP contribution in [0.2, 0.25) is 0 Å². The molecule has 8 nitrogen and oxygen atoms in total. The minimum atomic E-state index is -4.63. The van der Waals surface area contributed by atoms with E-state index < -0.39 is 29.7 Å². The van der Waals surface area contributed by atoms with Gasteiger partial charge in [-0.05, 0) is 70.1 Å². The summed E-state index contributed by atoms with van der Waals surface area (Å²) in [5, 5.41) is 2.96. The second-order valence-electron chi connectivity index (χ2n) is 10.4. The van der Waals surface area contributed by atoms with E-state index >= 15 is 0 Å². The number of amides is 2. The summed E-state index contributed by atoms with van der Waals surface area (Å²) in [7, 11) is 0. The largest absolute Gasteiger partial charge is 0.451 e. The van der Waals surface area contributed by atoms with Gasteiger partial charge in [0.25, 0.3) is 0 Å². The van der Waals surface area contributed by atoms with Gasteiger partial charge in [-0.3, -0.25) is 14.7 Å². The van der Waals surface area contributed by atoms with Crippen molar-refractivity contribution in [1.29, 1.82) is 0 Å². The lowest BCUT2D eigenvalue weighted by Gasteiger charge is -2.31. The molecular formula is C25H29F3IN5O3. The monoisotopic (exact) mass is 631 g/mol. The molecule has 4 rings (SSSR count). The predicted octanol–water partition coefficient (Wildman–Crippen LogP) is 5.25. The molecule has 2 aliphatic rings. The van der Waals surface area contributed by atoms with Gasteiger partial charge in [0, 0.05) is 40.7 Å². The van der Waals surface area contributed by atoms with Gasteiger partial charge in [-0.25, -0.2) is 14.8 Å². The summed E-state index contributed by atoms with van der Waals surface area (Å²) < 4.78 is 44.1. The zero-order valence-corrected chi connectivity index (χ0v) is 23.1. The maximum absolute atomic E-state index is 13.3. The minimum Gasteiger partial charge on any atom is -0.444 e. The average molecular weight is 631 g/mol. The molecule has 1 saturated carbocycles. The molecule has 0 spiro atoms. The third kappa shape index (κ3) is 6.50. The Morgan fingerprint density at radius 3 is 2.35 bits per heavy atom. The van der Waals surface area contributed by atoms with Crippen LogP contribution in [0.1, 0.15) is 69.8 Å². The van der Waals surface area contributed by atoms with E-state index in [1.807, 2.05) is 6.92 Å². The second kappa shape index (κ2) is 10.3. The van der Waals surface area contributed by atoms with Crippen molar-refractivity contribution < 1.29 is 27.5 Å². The van der Waals surface area contributed by atoms with E-state index in [1.54, 1.807) is 33.0 Å². The van der Waals surface area contributed by atoms with Gasteiger partial charge in [0.2, 0.25) is 11.7 Å². The fraction of sp³-hybridized carbons (Fsp3) is 0.560. The molecule has 1 N–H and O–H groups in total. The normalized spacial score (nSPS) is 22.2. The number of nitrogens with one attached hydrogen (secondary N) is 1. The highest BCUT2D eigenvalue weighted by atomic mass is 127. The van der Waals surface area contributed by atoms with Crippen molar-refractivity contribution in [3.63, 3.8) is 0 Å². The van der Waals surface area contributed by atoms with Gasteiger partial charge in [0.05, 0.1) is 5.69 Å². The molecule has 37 heavy (non-hydrogen) atoms. The van der Waals surface area contributed by atoms with Crippen LogP contribution in [0.3, 0.4) is 0 Å². The lowest BCUT2D eigenvalue weighted by atomic mass is 10.0. The first-order chi connectivity index (χ1) is 17.2. The number of rotatable bonds is 5. The molecule has 2 amide bonds. The molecule has 2 fully saturated rings. The van der Waals surface area contributed by atoms with Crippen molar-refractivity contribution in [3.8, 4) is 11.3 Å². The van der Waals surface area contributed by atoms with Crippen molar-refractivity contribution in [2.24, 2.45) is 0 Å². The van der Waals surface area contributed by atoms with E-state index in [1.165, 1.54) is 4.90 Å². The number of carbonyl (C=O) groups is 2. The average Bonchev–Trinajstić information content (AvgIpc) is 3.61. The van der Waals surface area contributed by atoms with E-state index in [0.29, 0.717) is 23.6 Å². The molecule has 1 saturated heterocycles. The van der Waals surface area contributed by atoms with E-state index in [2.05, 4.69) is 42.9 Å². The molecule has 12 heteroatoms. The Morgan fingerprint density at radius 1 is 1.14 bits per heavy atom. The van der Waals surface area contributed by atoms with Crippen molar-refractivity contribution >= 4 is 34.6 Å². The number of halogens is 4. The summed E-state index contributed by atoms with van der Waals surface area (Å²) in [4.78, 5) is 38.9. The number of pyridine rings is 1. The molecule has 0 unspecified atom stereocenters. The van der Waals surface area contributed by atoms with Gasteiger partial charge in [0.15, 0.2) is 0 Å². The van der Waals surface area contributed by atoms with E-state index in [9.17, 15) is 22.8 Å². The van der Waals surface area contributed by atoms with Crippen LogP contribution in [0.25, 0.3) is 11.3 Å². The third-order valence-corrected chi connectivity index (χ3v) is 7.90. The Labute approximate surface area is 226 Å². The van der Waals surface area contributed by atoms with E-state index in [4.69, 9.17) is 4.74 Å². The number of aromatic nitrogens is 3. The number of nitrogens with zero attached hydrogens (tertiary/aromatic N) is 4. The first-order valence-corrected chi connectivity index (χ1v) is 13.3. The first-order valence-electron chi connectivity index (χ1n) is 12.1. The topological polar surface area (TPSA) is 97.3 Å². The summed E-state index contributed by atoms with van der Waals surface area (Å²) in [6, 6.07) is 0.922. The molecule has 2 aromatic heterocycles. The molecule has 2 aromatic rings. The van der Waals surface area contributed by atoms with Crippen molar-refractivity contribution in [1.82, 2.24) is 25.2 Å². The Bertz CT molecular complexity index is 1170. The maximum atomic E-state index is 13.3. The number of likely N-dealkylation sites (tertiary alicyclic amines) is 1. The number of alkyl halides is 4. The van der Waals surface area contributed by atoms with Crippen molar-refractivity contribution in [2.75, 3.05) is 0 Å². The minimum absolute atomic E-state index is 0.0927. The van der Waals surface area contributed by atoms with E-state index in [-0.39, 0.29) is 22.4 Å². The SMILES string of the molecule is C[C@H]1[C@H](I)C[C@@H](C(=O)NCc2cc(-c3cnc(C(F)(F)F)nc3)ncc2C2CC2)N1C(=O)OC(C)(C)C. The van der Waals surface area contributed by atoms with Gasteiger partial charge in [-0.2, -0.15) is 13.2 Å². The Balaban J connectivity index is 1.52. The lowest BCUT2D eigenvalue weighted by Crippen LogP contribution is -2.50. The summed E-state index contributed by atoms with van der Waals surface area (Å²) in [5.41, 5.74) is 1.89. The summed E-state index contributed by atoms with van der Waals surface area (Å²) in [6.07, 6.45) is 1.27. The van der Waals surface area contributed by atoms with Gasteiger partial charge in [0.1, 0.15) is 11.6 Å². The standard InChI is InChI=1S/C25H29F3IN5O3/c1-13-18(29)8-20(34(13)23(36)37-24(2,3)4)21(35)31-9-15-7-19(30-12-17(15)14-5-6-14)16-10-32-22(33-11-16)25(26,27)28/h7,10-14,18,20H,5-6,8-9H2,1-4H3,(H,31,35)/t13-,18+,20-/m0/s1. The molecule has 3 heterocycles. The van der Waals surface area contributed by atoms with Gasteiger partial charge >= 0.3 is 12.3 Å². The molecule has 1 aliphatic carbocycles. The number of carbonyl (C=O) groups excluding carboxylic acids is 2. The smallest absolute Gasteiger partial charge is 0.444 e. The lowest BCUT2D eigenvalue weighted by molar-refractivity contribution is -0.145. The molecule has 3 atom stereocenters. The zero-order valence-electron chi connectivity index (χ0n) is 21.0. The van der Waals surface area contributed by atoms with Crippen LogP contribution in [0, 0.1) is 0 Å². The third-order valence-electron chi connectivity index (χ3n) is 6.35. The number of hydrogen-bond donors (Lipinski definition) is 1.